The molecule has 0 spiro atoms. The van der Waals surface area contributed by atoms with E-state index in [1.807, 2.05) is 0 Å². The zero-order valence-electron chi connectivity index (χ0n) is 8.92. The molecule has 5 nitrogen and oxygen atoms in total. The zero-order valence-corrected chi connectivity index (χ0v) is 13.6. The van der Waals surface area contributed by atoms with Gasteiger partial charge in [-0.05, 0) is 23.2 Å². The number of rotatable bonds is 8. The Morgan fingerprint density at radius 1 is 1.00 bits per heavy atom. The van der Waals surface area contributed by atoms with Crippen LogP contribution >= 0.6 is 55.1 Å². The second-order valence-electron chi connectivity index (χ2n) is 3.27. The molecule has 0 aliphatic rings. The van der Waals surface area contributed by atoms with Crippen LogP contribution in [0.25, 0.3) is 0 Å². The van der Waals surface area contributed by atoms with Crippen LogP contribution in [-0.4, -0.2) is 38.9 Å². The van der Waals surface area contributed by atoms with E-state index in [0.29, 0.717) is 0 Å². The molecule has 0 saturated heterocycles. The number of ketones is 1. The maximum atomic E-state index is 11.3. The Hall–Kier alpha value is 0.0200. The highest BCUT2D eigenvalue weighted by molar-refractivity contribution is 9.09. The number of Topliss-reactive ketones (excluding diaryl/α,β-unsaturated/α-hetero) is 1. The summed E-state index contributed by atoms with van der Waals surface area (Å²) in [5.74, 6) is -2.04. The SMILES string of the molecule is O=C(CBr)CC(C(=O)Cl)C(NC(=O)CBr)C(=O)Cl. The van der Waals surface area contributed by atoms with E-state index in [9.17, 15) is 19.2 Å². The lowest BCUT2D eigenvalue weighted by Gasteiger charge is -2.21. The number of hydrogen-bond donors (Lipinski definition) is 1. The maximum Gasteiger partial charge on any atom is 0.244 e. The average Bonchev–Trinajstić information content (AvgIpc) is 2.31. The summed E-state index contributed by atoms with van der Waals surface area (Å²) in [5.41, 5.74) is 0. The predicted octanol–water partition coefficient (Wildman–Crippen LogP) is 1.37. The minimum Gasteiger partial charge on any atom is -0.343 e. The molecule has 1 N–H and O–H groups in total. The summed E-state index contributed by atoms with van der Waals surface area (Å²) in [6, 6.07) is -1.32. The van der Waals surface area contributed by atoms with Crippen molar-refractivity contribution in [2.24, 2.45) is 5.92 Å². The van der Waals surface area contributed by atoms with Gasteiger partial charge in [0.2, 0.25) is 16.4 Å². The van der Waals surface area contributed by atoms with Crippen molar-refractivity contribution in [2.45, 2.75) is 12.5 Å². The Balaban J connectivity index is 4.99. The highest BCUT2D eigenvalue weighted by Gasteiger charge is 2.34. The van der Waals surface area contributed by atoms with Gasteiger partial charge in [-0.15, -0.1) is 0 Å². The highest BCUT2D eigenvalue weighted by Crippen LogP contribution is 2.17. The Morgan fingerprint density at radius 2 is 1.56 bits per heavy atom. The molecule has 102 valence electrons. The topological polar surface area (TPSA) is 80.3 Å². The number of hydrogen-bond acceptors (Lipinski definition) is 4. The maximum absolute atomic E-state index is 11.3. The number of amides is 1. The summed E-state index contributed by atoms with van der Waals surface area (Å²) in [5, 5.41) is 0.330. The minimum absolute atomic E-state index is 0.0171. The van der Waals surface area contributed by atoms with Gasteiger partial charge in [0.05, 0.1) is 16.6 Å². The first-order chi connectivity index (χ1) is 8.33. The van der Waals surface area contributed by atoms with E-state index in [1.54, 1.807) is 0 Å². The summed E-state index contributed by atoms with van der Waals surface area (Å²) in [7, 11) is 0. The van der Waals surface area contributed by atoms with E-state index in [-0.39, 0.29) is 22.9 Å². The van der Waals surface area contributed by atoms with E-state index in [4.69, 9.17) is 23.2 Å². The van der Waals surface area contributed by atoms with Crippen molar-refractivity contribution in [1.82, 2.24) is 5.32 Å². The fraction of sp³-hybridized carbons (Fsp3) is 0.556. The molecule has 0 fully saturated rings. The van der Waals surface area contributed by atoms with Gasteiger partial charge in [0.15, 0.2) is 0 Å². The van der Waals surface area contributed by atoms with Gasteiger partial charge in [-0.2, -0.15) is 0 Å². The normalized spacial score (nSPS) is 13.6. The minimum atomic E-state index is -1.32. The van der Waals surface area contributed by atoms with Gasteiger partial charge in [0.25, 0.3) is 0 Å². The second-order valence-corrected chi connectivity index (χ2v) is 5.14. The molecule has 0 rings (SSSR count). The van der Waals surface area contributed by atoms with Gasteiger partial charge in [-0.25, -0.2) is 0 Å². The standard InChI is InChI=1S/C9H9Br2Cl2NO4/c10-2-4(15)1-5(8(12)17)7(9(13)18)14-6(16)3-11/h5,7H,1-3H2,(H,14,16). The van der Waals surface area contributed by atoms with Crippen LogP contribution < -0.4 is 5.32 Å². The lowest BCUT2D eigenvalue weighted by molar-refractivity contribution is -0.129. The smallest absolute Gasteiger partial charge is 0.244 e. The molecule has 0 bridgehead atoms. The third kappa shape index (κ3) is 6.26. The van der Waals surface area contributed by atoms with Gasteiger partial charge >= 0.3 is 0 Å². The average molecular weight is 426 g/mol. The Labute approximate surface area is 130 Å². The summed E-state index contributed by atoms with van der Waals surface area (Å²) in [4.78, 5) is 44.9. The summed E-state index contributed by atoms with van der Waals surface area (Å²) < 4.78 is 0. The molecule has 2 unspecified atom stereocenters. The van der Waals surface area contributed by atoms with Crippen LogP contribution in [0.4, 0.5) is 0 Å². The molecular weight excluding hydrogens is 417 g/mol. The van der Waals surface area contributed by atoms with Crippen molar-refractivity contribution in [1.29, 1.82) is 0 Å². The lowest BCUT2D eigenvalue weighted by Crippen LogP contribution is -2.47. The molecule has 2 atom stereocenters. The molecule has 0 saturated carbocycles. The largest absolute Gasteiger partial charge is 0.343 e. The molecule has 0 radical (unpaired) electrons. The van der Waals surface area contributed by atoms with E-state index in [0.717, 1.165) is 0 Å². The number of carbonyl (C=O) groups excluding carboxylic acids is 4. The Kier molecular flexibility index (Phi) is 9.02. The van der Waals surface area contributed by atoms with Crippen LogP contribution in [0, 0.1) is 5.92 Å². The molecule has 1 amide bonds. The number of nitrogens with one attached hydrogen (secondary N) is 1. The van der Waals surface area contributed by atoms with Gasteiger partial charge in [-0.3, -0.25) is 19.2 Å². The molecule has 18 heavy (non-hydrogen) atoms. The van der Waals surface area contributed by atoms with Crippen molar-refractivity contribution in [3.05, 3.63) is 0 Å². The van der Waals surface area contributed by atoms with Gasteiger partial charge in [0.1, 0.15) is 11.8 Å². The quantitative estimate of drug-likeness (QED) is 0.470. The van der Waals surface area contributed by atoms with E-state index >= 15 is 0 Å². The van der Waals surface area contributed by atoms with Crippen molar-refractivity contribution >= 4 is 77.2 Å². The zero-order chi connectivity index (χ0) is 14.3. The van der Waals surface area contributed by atoms with Crippen molar-refractivity contribution < 1.29 is 19.2 Å². The highest BCUT2D eigenvalue weighted by atomic mass is 79.9. The molecule has 0 aromatic rings. The number of halogens is 4. The Bertz CT molecular complexity index is 330. The van der Waals surface area contributed by atoms with Crippen molar-refractivity contribution in [2.75, 3.05) is 10.7 Å². The van der Waals surface area contributed by atoms with Crippen LogP contribution in [0.1, 0.15) is 6.42 Å². The van der Waals surface area contributed by atoms with E-state index in [2.05, 4.69) is 37.2 Å². The molecule has 0 aromatic carbocycles. The molecule has 0 aliphatic carbocycles. The fourth-order valence-electron chi connectivity index (χ4n) is 1.16. The van der Waals surface area contributed by atoms with Crippen LogP contribution in [0.5, 0.6) is 0 Å². The van der Waals surface area contributed by atoms with E-state index < -0.39 is 28.4 Å². The molecule has 9 heteroatoms. The first-order valence-corrected chi connectivity index (χ1v) is 7.65. The summed E-state index contributed by atoms with van der Waals surface area (Å²) in [6.45, 7) is 0. The second kappa shape index (κ2) is 9.01. The first-order valence-electron chi connectivity index (χ1n) is 4.65. The predicted molar refractivity (Wildman–Crippen MR) is 74.4 cm³/mol. The van der Waals surface area contributed by atoms with Gasteiger partial charge in [-0.1, -0.05) is 31.9 Å². The summed E-state index contributed by atoms with van der Waals surface area (Å²) >= 11 is 16.4. The van der Waals surface area contributed by atoms with Gasteiger partial charge < -0.3 is 5.32 Å². The van der Waals surface area contributed by atoms with Crippen molar-refractivity contribution in [3.8, 4) is 0 Å². The van der Waals surface area contributed by atoms with Crippen LogP contribution in [-0.2, 0) is 19.2 Å². The fourth-order valence-corrected chi connectivity index (χ4v) is 1.96. The number of carbonyl (C=O) groups is 4. The monoisotopic (exact) mass is 423 g/mol. The third-order valence-corrected chi connectivity index (χ3v) is 3.62. The Morgan fingerprint density at radius 3 is 1.89 bits per heavy atom. The lowest BCUT2D eigenvalue weighted by atomic mass is 9.96. The third-order valence-electron chi connectivity index (χ3n) is 1.97. The molecule has 0 aliphatic heterocycles. The van der Waals surface area contributed by atoms with Crippen LogP contribution in [0.3, 0.4) is 0 Å². The number of alkyl halides is 2. The van der Waals surface area contributed by atoms with Crippen LogP contribution in [0.15, 0.2) is 0 Å². The molecule has 0 heterocycles. The van der Waals surface area contributed by atoms with Crippen molar-refractivity contribution in [3.63, 3.8) is 0 Å². The molecule has 0 aromatic heterocycles. The van der Waals surface area contributed by atoms with E-state index in [1.165, 1.54) is 0 Å². The first kappa shape index (κ1) is 18.0. The molecular formula is C9H9Br2Cl2NO4. The van der Waals surface area contributed by atoms with Gasteiger partial charge in [0, 0.05) is 6.42 Å². The summed E-state index contributed by atoms with van der Waals surface area (Å²) in [6.07, 6.45) is -0.278. The van der Waals surface area contributed by atoms with Crippen LogP contribution in [0.2, 0.25) is 0 Å².